The lowest BCUT2D eigenvalue weighted by atomic mass is 10.1. The van der Waals surface area contributed by atoms with E-state index < -0.39 is 0 Å². The van der Waals surface area contributed by atoms with Crippen molar-refractivity contribution in [2.45, 2.75) is 40.0 Å². The van der Waals surface area contributed by atoms with Crippen LogP contribution in [0.25, 0.3) is 0 Å². The van der Waals surface area contributed by atoms with Crippen molar-refractivity contribution in [1.29, 1.82) is 0 Å². The number of unbranched alkanes of at least 4 members (excludes halogenated alkanes) is 1. The van der Waals surface area contributed by atoms with Gasteiger partial charge in [0.05, 0.1) is 0 Å². The molecule has 2 rings (SSSR count). The first kappa shape index (κ1) is 13.7. The summed E-state index contributed by atoms with van der Waals surface area (Å²) in [5.74, 6) is 1.81. The number of benzene rings is 2. The number of ether oxygens (including phenoxy) is 1. The summed E-state index contributed by atoms with van der Waals surface area (Å²) in [6, 6.07) is 14.6. The Kier molecular flexibility index (Phi) is 4.62. The van der Waals surface area contributed by atoms with Crippen LogP contribution >= 0.6 is 0 Å². The highest BCUT2D eigenvalue weighted by molar-refractivity contribution is 5.37. The molecule has 0 radical (unpaired) electrons. The quantitative estimate of drug-likeness (QED) is 0.690. The lowest BCUT2D eigenvalue weighted by molar-refractivity contribution is 0.482. The highest BCUT2D eigenvalue weighted by Gasteiger charge is 2.00. The van der Waals surface area contributed by atoms with Crippen LogP contribution < -0.4 is 4.74 Å². The van der Waals surface area contributed by atoms with Crippen molar-refractivity contribution in [2.75, 3.05) is 0 Å². The molecule has 0 atom stereocenters. The fourth-order valence-electron chi connectivity index (χ4n) is 2.02. The van der Waals surface area contributed by atoms with Crippen molar-refractivity contribution in [2.24, 2.45) is 0 Å². The normalized spacial score (nSPS) is 10.5. The van der Waals surface area contributed by atoms with Crippen molar-refractivity contribution in [3.05, 3.63) is 59.2 Å². The Labute approximate surface area is 116 Å². The molecule has 0 aromatic heterocycles. The largest absolute Gasteiger partial charge is 0.457 e. The fraction of sp³-hybridized carbons (Fsp3) is 0.333. The van der Waals surface area contributed by atoms with Crippen LogP contribution in [0.2, 0.25) is 0 Å². The second-order valence-corrected chi connectivity index (χ2v) is 5.10. The van der Waals surface area contributed by atoms with Crippen LogP contribution in [0, 0.1) is 13.8 Å². The summed E-state index contributed by atoms with van der Waals surface area (Å²) in [4.78, 5) is 0. The van der Waals surface area contributed by atoms with Crippen molar-refractivity contribution in [3.63, 3.8) is 0 Å². The predicted molar refractivity (Wildman–Crippen MR) is 81.0 cm³/mol. The average molecular weight is 254 g/mol. The Morgan fingerprint density at radius 1 is 0.842 bits per heavy atom. The third kappa shape index (κ3) is 3.85. The fourth-order valence-corrected chi connectivity index (χ4v) is 2.02. The minimum Gasteiger partial charge on any atom is -0.457 e. The Hall–Kier alpha value is -1.76. The van der Waals surface area contributed by atoms with Gasteiger partial charge in [-0.1, -0.05) is 31.5 Å². The first-order valence-corrected chi connectivity index (χ1v) is 7.03. The highest BCUT2D eigenvalue weighted by Crippen LogP contribution is 2.24. The van der Waals surface area contributed by atoms with Gasteiger partial charge in [-0.05, 0) is 67.6 Å². The van der Waals surface area contributed by atoms with E-state index in [9.17, 15) is 0 Å². The van der Waals surface area contributed by atoms with Gasteiger partial charge in [-0.15, -0.1) is 0 Å². The molecule has 0 N–H and O–H groups in total. The number of aryl methyl sites for hydroxylation is 3. The zero-order chi connectivity index (χ0) is 13.7. The molecule has 0 aliphatic rings. The molecule has 1 heteroatoms. The van der Waals surface area contributed by atoms with Crippen molar-refractivity contribution >= 4 is 0 Å². The van der Waals surface area contributed by atoms with E-state index in [1.165, 1.54) is 29.5 Å². The Balaban J connectivity index is 2.04. The molecule has 0 aliphatic carbocycles. The summed E-state index contributed by atoms with van der Waals surface area (Å²) in [5.41, 5.74) is 3.94. The Morgan fingerprint density at radius 3 is 2.16 bits per heavy atom. The van der Waals surface area contributed by atoms with Crippen LogP contribution in [0.3, 0.4) is 0 Å². The predicted octanol–water partition coefficient (Wildman–Crippen LogP) is 5.44. The SMILES string of the molecule is CCCCc1ccc(Oc2ccc(C)c(C)c2)cc1. The smallest absolute Gasteiger partial charge is 0.127 e. The second-order valence-electron chi connectivity index (χ2n) is 5.10. The molecule has 2 aromatic rings. The molecule has 1 nitrogen and oxygen atoms in total. The Morgan fingerprint density at radius 2 is 1.53 bits per heavy atom. The molecule has 0 bridgehead atoms. The van der Waals surface area contributed by atoms with Gasteiger partial charge < -0.3 is 4.74 Å². The van der Waals surface area contributed by atoms with Gasteiger partial charge in [-0.25, -0.2) is 0 Å². The maximum atomic E-state index is 5.87. The lowest BCUT2D eigenvalue weighted by Gasteiger charge is -2.08. The molecule has 100 valence electrons. The van der Waals surface area contributed by atoms with E-state index in [1.807, 2.05) is 6.07 Å². The first-order valence-electron chi connectivity index (χ1n) is 7.03. The van der Waals surface area contributed by atoms with E-state index >= 15 is 0 Å². The van der Waals surface area contributed by atoms with Gasteiger partial charge in [-0.2, -0.15) is 0 Å². The van der Waals surface area contributed by atoms with E-state index in [2.05, 4.69) is 57.2 Å². The molecule has 0 fully saturated rings. The molecular weight excluding hydrogens is 232 g/mol. The van der Waals surface area contributed by atoms with Gasteiger partial charge >= 0.3 is 0 Å². The van der Waals surface area contributed by atoms with Crippen molar-refractivity contribution in [1.82, 2.24) is 0 Å². The first-order chi connectivity index (χ1) is 9.19. The molecule has 2 aromatic carbocycles. The third-order valence-corrected chi connectivity index (χ3v) is 3.46. The maximum absolute atomic E-state index is 5.87. The molecular formula is C18H22O. The molecule has 0 heterocycles. The van der Waals surface area contributed by atoms with Gasteiger partial charge in [0, 0.05) is 0 Å². The van der Waals surface area contributed by atoms with Gasteiger partial charge in [0.1, 0.15) is 11.5 Å². The molecule has 19 heavy (non-hydrogen) atoms. The minimum atomic E-state index is 0.906. The van der Waals surface area contributed by atoms with E-state index in [0.29, 0.717) is 0 Å². The van der Waals surface area contributed by atoms with Crippen LogP contribution in [0.5, 0.6) is 11.5 Å². The summed E-state index contributed by atoms with van der Waals surface area (Å²) in [6.45, 7) is 6.44. The number of hydrogen-bond donors (Lipinski definition) is 0. The van der Waals surface area contributed by atoms with E-state index in [4.69, 9.17) is 4.74 Å². The summed E-state index contributed by atoms with van der Waals surface area (Å²) in [6.07, 6.45) is 3.64. The number of rotatable bonds is 5. The van der Waals surface area contributed by atoms with Gasteiger partial charge in [0.15, 0.2) is 0 Å². The topological polar surface area (TPSA) is 9.23 Å². The molecule has 0 saturated carbocycles. The van der Waals surface area contributed by atoms with Crippen LogP contribution in [-0.4, -0.2) is 0 Å². The van der Waals surface area contributed by atoms with E-state index in [0.717, 1.165) is 17.9 Å². The summed E-state index contributed by atoms with van der Waals surface area (Å²) in [5, 5.41) is 0. The number of hydrogen-bond acceptors (Lipinski definition) is 1. The van der Waals surface area contributed by atoms with Gasteiger partial charge in [0.25, 0.3) is 0 Å². The van der Waals surface area contributed by atoms with Gasteiger partial charge in [0.2, 0.25) is 0 Å². The monoisotopic (exact) mass is 254 g/mol. The van der Waals surface area contributed by atoms with Crippen LogP contribution in [0.15, 0.2) is 42.5 Å². The van der Waals surface area contributed by atoms with Crippen LogP contribution in [0.1, 0.15) is 36.5 Å². The summed E-state index contributed by atoms with van der Waals surface area (Å²) < 4.78 is 5.87. The summed E-state index contributed by atoms with van der Waals surface area (Å²) in [7, 11) is 0. The van der Waals surface area contributed by atoms with E-state index in [1.54, 1.807) is 0 Å². The van der Waals surface area contributed by atoms with Crippen LogP contribution in [-0.2, 0) is 6.42 Å². The maximum Gasteiger partial charge on any atom is 0.127 e. The van der Waals surface area contributed by atoms with E-state index in [-0.39, 0.29) is 0 Å². The zero-order valence-electron chi connectivity index (χ0n) is 12.1. The second kappa shape index (κ2) is 6.42. The zero-order valence-corrected chi connectivity index (χ0v) is 12.1. The standard InChI is InChI=1S/C18H22O/c1-4-5-6-16-8-11-17(12-9-16)19-18-10-7-14(2)15(3)13-18/h7-13H,4-6H2,1-3H3. The molecule has 0 saturated heterocycles. The minimum absolute atomic E-state index is 0.906. The van der Waals surface area contributed by atoms with Crippen LogP contribution in [0.4, 0.5) is 0 Å². The highest BCUT2D eigenvalue weighted by atomic mass is 16.5. The molecule has 0 spiro atoms. The van der Waals surface area contributed by atoms with Gasteiger partial charge in [-0.3, -0.25) is 0 Å². The third-order valence-electron chi connectivity index (χ3n) is 3.46. The average Bonchev–Trinajstić information content (AvgIpc) is 2.42. The summed E-state index contributed by atoms with van der Waals surface area (Å²) >= 11 is 0. The van der Waals surface area contributed by atoms with Crippen molar-refractivity contribution in [3.8, 4) is 11.5 Å². The van der Waals surface area contributed by atoms with Crippen molar-refractivity contribution < 1.29 is 4.74 Å². The molecule has 0 unspecified atom stereocenters. The Bertz CT molecular complexity index is 526. The molecule has 0 amide bonds. The molecule has 0 aliphatic heterocycles. The lowest BCUT2D eigenvalue weighted by Crippen LogP contribution is -1.88.